The minimum Gasteiger partial charge on any atom is -0.478 e. The molecule has 0 aliphatic carbocycles. The zero-order valence-corrected chi connectivity index (χ0v) is 83.5. The van der Waals surface area contributed by atoms with Gasteiger partial charge in [-0.15, -0.1) is 34.0 Å². The molecular weight excluding hydrogens is 1900 g/mol. The first-order chi connectivity index (χ1) is 66.7. The lowest BCUT2D eigenvalue weighted by Gasteiger charge is -2.44. The summed E-state index contributed by atoms with van der Waals surface area (Å²) in [6, 6.07) is 27.7. The molecule has 0 spiro atoms. The highest BCUT2D eigenvalue weighted by Gasteiger charge is 2.45. The predicted octanol–water partition coefficient (Wildman–Crippen LogP) is 25.0. The molecule has 4 aliphatic heterocycles. The van der Waals surface area contributed by atoms with E-state index in [1.54, 1.807) is 68.1 Å². The van der Waals surface area contributed by atoms with E-state index in [1.165, 1.54) is 55.4 Å². The van der Waals surface area contributed by atoms with Crippen molar-refractivity contribution in [1.29, 1.82) is 0 Å². The Hall–Kier alpha value is -12.7. The number of benzene rings is 8. The van der Waals surface area contributed by atoms with Crippen molar-refractivity contribution in [3.63, 3.8) is 0 Å². The summed E-state index contributed by atoms with van der Waals surface area (Å²) in [4.78, 5) is 66.5. The molecule has 12 aromatic rings. The molecule has 0 saturated heterocycles. The highest BCUT2D eigenvalue weighted by Crippen LogP contribution is 2.49. The molecule has 0 bridgehead atoms. The van der Waals surface area contributed by atoms with Crippen molar-refractivity contribution in [2.24, 2.45) is 7.05 Å². The highest BCUT2D eigenvalue weighted by molar-refractivity contribution is 7.15. The number of halogens is 12. The number of nitrogens with zero attached hydrogens (tertiary/aromatic N) is 9. The maximum atomic E-state index is 15.5. The molecule has 4 aromatic heterocycles. The molecule has 4 N–H and O–H groups in total. The Labute approximate surface area is 829 Å². The van der Waals surface area contributed by atoms with Gasteiger partial charge in [-0.25, -0.2) is 86.8 Å². The Morgan fingerprint density at radius 3 is 0.803 bits per heavy atom. The molecule has 8 aromatic carbocycles. The van der Waals surface area contributed by atoms with Gasteiger partial charge in [-0.05, 0) is 316 Å². The second kappa shape index (κ2) is 44.0. The van der Waals surface area contributed by atoms with Gasteiger partial charge in [0.2, 0.25) is 0 Å². The fourth-order valence-corrected chi connectivity index (χ4v) is 21.2. The van der Waals surface area contributed by atoms with Gasteiger partial charge in [0, 0.05) is 134 Å². The van der Waals surface area contributed by atoms with Crippen molar-refractivity contribution in [2.75, 3.05) is 26.2 Å². The topological polar surface area (TPSA) is 219 Å². The van der Waals surface area contributed by atoms with Crippen LogP contribution < -0.4 is 0 Å². The molecule has 0 fully saturated rings. The molecule has 17 nitrogen and oxygen atoms in total. The molecular formula is C110H109F12N9O8S3. The van der Waals surface area contributed by atoms with Gasteiger partial charge < -0.3 is 20.4 Å². The third-order valence-electron chi connectivity index (χ3n) is 24.6. The van der Waals surface area contributed by atoms with Crippen LogP contribution in [0.4, 0.5) is 52.7 Å². The van der Waals surface area contributed by atoms with Crippen molar-refractivity contribution < 1.29 is 92.3 Å². The van der Waals surface area contributed by atoms with E-state index in [4.69, 9.17) is 20.4 Å². The van der Waals surface area contributed by atoms with Gasteiger partial charge in [0.15, 0.2) is 0 Å². The van der Waals surface area contributed by atoms with Crippen molar-refractivity contribution in [1.82, 2.24) is 44.3 Å². The van der Waals surface area contributed by atoms with Gasteiger partial charge in [0.25, 0.3) is 0 Å². The Bertz CT molecular complexity index is 6380. The van der Waals surface area contributed by atoms with E-state index >= 15 is 35.1 Å². The molecule has 4 aliphatic rings. The zero-order chi connectivity index (χ0) is 103. The van der Waals surface area contributed by atoms with Gasteiger partial charge in [-0.1, -0.05) is 54.3 Å². The van der Waals surface area contributed by atoms with Crippen LogP contribution >= 0.6 is 34.0 Å². The number of rotatable bonds is 23. The van der Waals surface area contributed by atoms with Crippen LogP contribution in [-0.2, 0) is 51.9 Å². The van der Waals surface area contributed by atoms with Crippen LogP contribution in [0.5, 0.6) is 0 Å². The molecule has 32 heteroatoms. The molecule has 8 heterocycles. The van der Waals surface area contributed by atoms with Crippen LogP contribution in [0.15, 0.2) is 177 Å². The fourth-order valence-electron chi connectivity index (χ4n) is 18.8. The number of carbonyl (C=O) groups is 4. The predicted molar refractivity (Wildman–Crippen MR) is 532 cm³/mol. The summed E-state index contributed by atoms with van der Waals surface area (Å²) in [6.07, 6.45) is 19.1. The van der Waals surface area contributed by atoms with Crippen LogP contribution in [0.25, 0.3) is 55.6 Å². The quantitative estimate of drug-likeness (QED) is 0.0266. The average Bonchev–Trinajstić information content (AvgIpc) is 0.782. The van der Waals surface area contributed by atoms with E-state index in [1.807, 2.05) is 149 Å². The number of carboxylic acid groups (broad SMARTS) is 4. The molecule has 0 amide bonds. The minimum atomic E-state index is -1.60. The van der Waals surface area contributed by atoms with E-state index in [9.17, 15) is 36.7 Å². The molecule has 0 radical (unpaired) electrons. The van der Waals surface area contributed by atoms with Crippen molar-refractivity contribution >= 4 is 82.2 Å². The number of hydrogen-bond donors (Lipinski definition) is 4. The Morgan fingerprint density at radius 1 is 0.359 bits per heavy atom. The number of alkyl halides is 4. The standard InChI is InChI=1S/C29H28F3N3O2.3C27H27F3N2O2S/c1-18-11-22-12-19(5-6-21-15-33-34(4)16-21)7-9-23(22)28(35(18)17-29(2,3)32)27-24(30)13-20(14-25(27)31)8-10-26(36)37;3*1-15-9-19-12-18(23-13-31-16(2)35-23)6-7-20(19)26(32(15)14-27(3,4)30)25-21(28)10-17(11-22(25)29)5-8-24(33)34/h7-10,12-16,18,28H,11,17H2,1-4H3,(H,36,37);3*5-8,10-13,15,26H,9,14H2,1-4H3,(H,33,34)/b10-8+;3*8-5+/t18-,28+;2*15-,26+;/m010./s1. The van der Waals surface area contributed by atoms with Crippen molar-refractivity contribution in [2.45, 2.75) is 201 Å². The zero-order valence-electron chi connectivity index (χ0n) is 81.0. The van der Waals surface area contributed by atoms with E-state index in [-0.39, 0.29) is 94.9 Å². The summed E-state index contributed by atoms with van der Waals surface area (Å²) in [5.74, 6) is -5.14. The Kier molecular flexibility index (Phi) is 33.0. The largest absolute Gasteiger partial charge is 0.478 e. The first kappa shape index (κ1) is 107. The Morgan fingerprint density at radius 2 is 0.592 bits per heavy atom. The minimum absolute atomic E-state index is 0.00634. The van der Waals surface area contributed by atoms with E-state index in [0.717, 1.165) is 194 Å². The molecule has 0 saturated carbocycles. The van der Waals surface area contributed by atoms with Crippen molar-refractivity contribution in [3.8, 4) is 43.2 Å². The molecule has 16 rings (SSSR count). The van der Waals surface area contributed by atoms with Crippen LogP contribution in [0.3, 0.4) is 0 Å². The molecule has 8 atom stereocenters. The molecule has 744 valence electrons. The molecule has 142 heavy (non-hydrogen) atoms. The summed E-state index contributed by atoms with van der Waals surface area (Å²) in [5.41, 5.74) is 4.40. The second-order valence-electron chi connectivity index (χ2n) is 38.7. The number of aryl methyl sites for hydroxylation is 4. The first-order valence-electron chi connectivity index (χ1n) is 45.9. The third kappa shape index (κ3) is 26.6. The first-order valence-corrected chi connectivity index (χ1v) is 48.3. The SMILES string of the molecule is C[C@H]1Cc2cc(C#Cc3cnn(C)c3)ccc2[C@H](c2c(F)cc(/C=C/C(=O)O)cc2F)N1CC(C)(C)F.Cc1ncc(-c2ccc3c(c2)CC(C)N(CC(C)(C)F)C3c2c(F)cc(/C=C/C(=O)O)cc2F)s1.Cc1ncc(-c2ccc3c(c2)C[C@@H](C)N(CC(C)(C)F)[C@@H]3c2c(F)cc(/C=C/C(=O)O)cc2F)s1.Cc1ncc(-c2ccc3c(c2)C[C@H](C)N(CC(C)(C)F)[C@H]3c2c(F)cc(/C=C/C(=O)O)cc2F)s1. The number of carboxylic acids is 4. The maximum Gasteiger partial charge on any atom is 0.328 e. The lowest BCUT2D eigenvalue weighted by atomic mass is 9.83. The van der Waals surface area contributed by atoms with Gasteiger partial charge in [-0.3, -0.25) is 24.3 Å². The fraction of sp³-hybridized carbons (Fsp3) is 0.327. The van der Waals surface area contributed by atoms with Crippen LogP contribution in [0.2, 0.25) is 0 Å². The third-order valence-corrected chi connectivity index (χ3v) is 27.5. The van der Waals surface area contributed by atoms with E-state index in [0.29, 0.717) is 31.2 Å². The lowest BCUT2D eigenvalue weighted by Crippen LogP contribution is -2.48. The number of hydrogen-bond acceptors (Lipinski definition) is 15. The summed E-state index contributed by atoms with van der Waals surface area (Å²) in [7, 11) is 1.81. The van der Waals surface area contributed by atoms with Crippen LogP contribution in [0, 0.1) is 79.1 Å². The van der Waals surface area contributed by atoms with Crippen LogP contribution in [-0.4, -0.2) is 162 Å². The second-order valence-corrected chi connectivity index (χ2v) is 42.4. The van der Waals surface area contributed by atoms with Crippen molar-refractivity contribution in [3.05, 3.63) is 338 Å². The van der Waals surface area contributed by atoms with Gasteiger partial charge in [0.05, 0.1) is 65.6 Å². The van der Waals surface area contributed by atoms with Gasteiger partial charge in [0.1, 0.15) is 69.2 Å². The monoisotopic (exact) mass is 2010 g/mol. The number of aliphatic carboxylic acids is 4. The van der Waals surface area contributed by atoms with Gasteiger partial charge in [-0.2, -0.15) is 5.10 Å². The number of fused-ring (bicyclic) bond motifs is 4. The summed E-state index contributed by atoms with van der Waals surface area (Å²) in [6.45, 7) is 25.1. The Balaban J connectivity index is 0.000000159. The maximum absolute atomic E-state index is 15.5. The smallest absolute Gasteiger partial charge is 0.328 e. The van der Waals surface area contributed by atoms with Gasteiger partial charge >= 0.3 is 23.9 Å². The lowest BCUT2D eigenvalue weighted by molar-refractivity contribution is -0.132. The summed E-state index contributed by atoms with van der Waals surface area (Å²) in [5, 5.41) is 42.3. The normalized spacial score (nSPS) is 18.5. The van der Waals surface area contributed by atoms with E-state index < -0.39 is 117 Å². The number of thiazole rings is 3. The number of aromatic nitrogens is 5. The van der Waals surface area contributed by atoms with E-state index in [2.05, 4.69) is 31.9 Å². The average molecular weight is 2010 g/mol. The summed E-state index contributed by atoms with van der Waals surface area (Å²) < 4.78 is 185. The molecule has 2 unspecified atom stereocenters. The highest BCUT2D eigenvalue weighted by atomic mass is 32.1. The van der Waals surface area contributed by atoms with Crippen LogP contribution in [0.1, 0.15) is 222 Å². The summed E-state index contributed by atoms with van der Waals surface area (Å²) >= 11 is 4.71.